The van der Waals surface area contributed by atoms with Gasteiger partial charge in [0.25, 0.3) is 0 Å². The number of hydrogen-bond donors (Lipinski definition) is 0. The predicted octanol–water partition coefficient (Wildman–Crippen LogP) is 1.83. The molecule has 0 N–H and O–H groups in total. The lowest BCUT2D eigenvalue weighted by Crippen LogP contribution is -2.33. The molecule has 1 fully saturated rings. The number of nitrogens with zero attached hydrogens (tertiary/aromatic N) is 1. The fourth-order valence-electron chi connectivity index (χ4n) is 1.26. The van der Waals surface area contributed by atoms with Gasteiger partial charge in [-0.05, 0) is 19.4 Å². The van der Waals surface area contributed by atoms with E-state index in [1.165, 1.54) is 0 Å². The highest BCUT2D eigenvalue weighted by molar-refractivity contribution is 4.92. The Morgan fingerprint density at radius 3 is 2.45 bits per heavy atom. The quantitative estimate of drug-likeness (QED) is 0.603. The van der Waals surface area contributed by atoms with Gasteiger partial charge in [0.2, 0.25) is 0 Å². The van der Waals surface area contributed by atoms with E-state index in [4.69, 9.17) is 4.74 Å². The summed E-state index contributed by atoms with van der Waals surface area (Å²) in [7, 11) is 0. The minimum absolute atomic E-state index is 0.546. The normalized spacial score (nSPS) is 20.7. The van der Waals surface area contributed by atoms with Crippen LogP contribution in [-0.4, -0.2) is 24.1 Å². The van der Waals surface area contributed by atoms with Crippen LogP contribution in [0.25, 0.3) is 0 Å². The Hall–Kier alpha value is -0.660. The molecule has 11 heavy (non-hydrogen) atoms. The summed E-state index contributed by atoms with van der Waals surface area (Å²) in [4.78, 5) is 2.23. The minimum atomic E-state index is 0.546. The maximum absolute atomic E-state index is 5.27. The molecule has 1 aliphatic rings. The van der Waals surface area contributed by atoms with E-state index in [0.29, 0.717) is 12.0 Å². The summed E-state index contributed by atoms with van der Waals surface area (Å²) in [6, 6.07) is 0.546. The van der Waals surface area contributed by atoms with Gasteiger partial charge in [-0.15, -0.1) is 0 Å². The number of rotatable bonds is 2. The van der Waals surface area contributed by atoms with Crippen LogP contribution in [0, 0.1) is 5.92 Å². The van der Waals surface area contributed by atoms with Crippen LogP contribution in [0.5, 0.6) is 0 Å². The largest absolute Gasteiger partial charge is 0.478 e. The van der Waals surface area contributed by atoms with Crippen molar-refractivity contribution in [3.63, 3.8) is 0 Å². The van der Waals surface area contributed by atoms with Crippen molar-refractivity contribution in [2.75, 3.05) is 13.2 Å². The van der Waals surface area contributed by atoms with Gasteiger partial charge in [-0.25, -0.2) is 0 Å². The van der Waals surface area contributed by atoms with Crippen LogP contribution in [0.4, 0.5) is 0 Å². The lowest BCUT2D eigenvalue weighted by atomic mass is 10.1. The Morgan fingerprint density at radius 2 is 2.09 bits per heavy atom. The van der Waals surface area contributed by atoms with Crippen LogP contribution in [0.2, 0.25) is 0 Å². The molecule has 1 aliphatic heterocycles. The van der Waals surface area contributed by atoms with Gasteiger partial charge in [0.15, 0.2) is 5.88 Å². The molecule has 0 aromatic heterocycles. The van der Waals surface area contributed by atoms with Crippen molar-refractivity contribution in [2.45, 2.75) is 26.8 Å². The maximum atomic E-state index is 5.27. The highest BCUT2D eigenvalue weighted by atomic mass is 16.5. The van der Waals surface area contributed by atoms with Crippen LogP contribution in [0.15, 0.2) is 12.5 Å². The molecular weight excluding hydrogens is 138 g/mol. The molecule has 0 spiro atoms. The molecule has 1 atom stereocenters. The first-order valence-electron chi connectivity index (χ1n) is 4.21. The summed E-state index contributed by atoms with van der Waals surface area (Å²) in [6.07, 6.45) is 0. The van der Waals surface area contributed by atoms with E-state index < -0.39 is 0 Å². The Morgan fingerprint density at radius 1 is 1.45 bits per heavy atom. The van der Waals surface area contributed by atoms with E-state index in [0.717, 1.165) is 19.0 Å². The first-order valence-corrected chi connectivity index (χ1v) is 4.21. The van der Waals surface area contributed by atoms with E-state index in [2.05, 4.69) is 32.3 Å². The smallest absolute Gasteiger partial charge is 0.182 e. The van der Waals surface area contributed by atoms with E-state index in [-0.39, 0.29) is 0 Å². The van der Waals surface area contributed by atoms with Gasteiger partial charge in [-0.2, -0.15) is 0 Å². The van der Waals surface area contributed by atoms with Crippen LogP contribution < -0.4 is 0 Å². The average Bonchev–Trinajstić information content (AvgIpc) is 2.33. The molecule has 1 rings (SSSR count). The van der Waals surface area contributed by atoms with Gasteiger partial charge < -0.3 is 9.64 Å². The summed E-state index contributed by atoms with van der Waals surface area (Å²) in [5, 5.41) is 0. The fraction of sp³-hybridized carbons (Fsp3) is 0.778. The van der Waals surface area contributed by atoms with E-state index >= 15 is 0 Å². The van der Waals surface area contributed by atoms with E-state index in [1.54, 1.807) is 0 Å². The Bertz CT molecular complexity index is 154. The third-order valence-corrected chi connectivity index (χ3v) is 2.38. The molecule has 0 bridgehead atoms. The zero-order chi connectivity index (χ0) is 8.43. The molecule has 0 aromatic rings. The van der Waals surface area contributed by atoms with Gasteiger partial charge >= 0.3 is 0 Å². The highest BCUT2D eigenvalue weighted by Gasteiger charge is 2.23. The zero-order valence-electron chi connectivity index (χ0n) is 7.63. The van der Waals surface area contributed by atoms with Crippen molar-refractivity contribution in [1.29, 1.82) is 0 Å². The van der Waals surface area contributed by atoms with Crippen molar-refractivity contribution < 1.29 is 4.74 Å². The maximum Gasteiger partial charge on any atom is 0.182 e. The molecule has 0 aliphatic carbocycles. The molecule has 0 aromatic carbocycles. The van der Waals surface area contributed by atoms with Crippen molar-refractivity contribution in [3.05, 3.63) is 12.5 Å². The van der Waals surface area contributed by atoms with Crippen molar-refractivity contribution in [3.8, 4) is 0 Å². The standard InChI is InChI=1S/C9H17NO/c1-7(2)8(3)10-5-6-11-9(10)4/h7-8H,4-6H2,1-3H3/t8-/m1/s1. The summed E-state index contributed by atoms with van der Waals surface area (Å²) in [5.74, 6) is 1.50. The number of hydrogen-bond acceptors (Lipinski definition) is 2. The molecule has 0 amide bonds. The second kappa shape index (κ2) is 3.16. The first-order chi connectivity index (χ1) is 5.13. The molecular formula is C9H17NO. The van der Waals surface area contributed by atoms with Gasteiger partial charge in [0.05, 0.1) is 6.54 Å². The van der Waals surface area contributed by atoms with Gasteiger partial charge in [-0.1, -0.05) is 13.8 Å². The molecule has 64 valence electrons. The third-order valence-electron chi connectivity index (χ3n) is 2.38. The molecule has 1 heterocycles. The van der Waals surface area contributed by atoms with Crippen molar-refractivity contribution in [1.82, 2.24) is 4.90 Å². The van der Waals surface area contributed by atoms with Crippen LogP contribution >= 0.6 is 0 Å². The monoisotopic (exact) mass is 155 g/mol. The van der Waals surface area contributed by atoms with Crippen molar-refractivity contribution >= 4 is 0 Å². The fourth-order valence-corrected chi connectivity index (χ4v) is 1.26. The molecule has 0 unspecified atom stereocenters. The molecule has 0 radical (unpaired) electrons. The Labute approximate surface area is 68.8 Å². The summed E-state index contributed by atoms with van der Waals surface area (Å²) < 4.78 is 5.27. The second-order valence-corrected chi connectivity index (χ2v) is 3.42. The van der Waals surface area contributed by atoms with E-state index in [9.17, 15) is 0 Å². The third kappa shape index (κ3) is 1.67. The topological polar surface area (TPSA) is 12.5 Å². The average molecular weight is 155 g/mol. The summed E-state index contributed by atoms with van der Waals surface area (Å²) >= 11 is 0. The summed E-state index contributed by atoms with van der Waals surface area (Å²) in [6.45, 7) is 12.3. The van der Waals surface area contributed by atoms with Crippen LogP contribution in [-0.2, 0) is 4.74 Å². The SMILES string of the molecule is C=C1OCCN1[C@H](C)C(C)C. The lowest BCUT2D eigenvalue weighted by Gasteiger charge is -2.27. The summed E-state index contributed by atoms with van der Waals surface area (Å²) in [5.41, 5.74) is 0. The van der Waals surface area contributed by atoms with Crippen LogP contribution in [0.3, 0.4) is 0 Å². The van der Waals surface area contributed by atoms with Crippen molar-refractivity contribution in [2.24, 2.45) is 5.92 Å². The molecule has 2 nitrogen and oxygen atoms in total. The molecule has 2 heteroatoms. The Balaban J connectivity index is 2.52. The van der Waals surface area contributed by atoms with Gasteiger partial charge in [-0.3, -0.25) is 0 Å². The first kappa shape index (κ1) is 8.44. The second-order valence-electron chi connectivity index (χ2n) is 3.42. The Kier molecular flexibility index (Phi) is 2.42. The zero-order valence-corrected chi connectivity index (χ0v) is 7.63. The van der Waals surface area contributed by atoms with Crippen LogP contribution in [0.1, 0.15) is 20.8 Å². The highest BCUT2D eigenvalue weighted by Crippen LogP contribution is 2.19. The van der Waals surface area contributed by atoms with Gasteiger partial charge in [0, 0.05) is 6.04 Å². The van der Waals surface area contributed by atoms with Gasteiger partial charge in [0.1, 0.15) is 6.61 Å². The van der Waals surface area contributed by atoms with E-state index in [1.807, 2.05) is 0 Å². The predicted molar refractivity (Wildman–Crippen MR) is 46.1 cm³/mol. The lowest BCUT2D eigenvalue weighted by molar-refractivity contribution is 0.190. The number of ether oxygens (including phenoxy) is 1. The molecule has 1 saturated heterocycles. The molecule has 0 saturated carbocycles. The minimum Gasteiger partial charge on any atom is -0.478 e.